The van der Waals surface area contributed by atoms with Crippen LogP contribution < -0.4 is 14.2 Å². The van der Waals surface area contributed by atoms with E-state index < -0.39 is 6.10 Å². The summed E-state index contributed by atoms with van der Waals surface area (Å²) in [6, 6.07) is 10.4. The Labute approximate surface area is 172 Å². The standard InChI is InChI=1S/C23H30FNO4/c1-27-20-14-18(15-21(28-2)23(20)29-3)22(26)17-9-12-25(13-10-17)11-8-16-4-6-19(24)7-5-16/h4-7,14-15,17,22,26H,8-13H2,1-3H3. The number of likely N-dealkylation sites (tertiary alicyclic amines) is 1. The largest absolute Gasteiger partial charge is 0.493 e. The van der Waals surface area contributed by atoms with Gasteiger partial charge >= 0.3 is 0 Å². The third-order valence-electron chi connectivity index (χ3n) is 5.74. The molecule has 3 rings (SSSR count). The molecular weight excluding hydrogens is 373 g/mol. The van der Waals surface area contributed by atoms with Crippen molar-refractivity contribution in [2.45, 2.75) is 25.4 Å². The normalized spacial score (nSPS) is 16.4. The third kappa shape index (κ3) is 5.19. The zero-order valence-corrected chi connectivity index (χ0v) is 17.4. The van der Waals surface area contributed by atoms with Gasteiger partial charge in [-0.25, -0.2) is 4.39 Å². The molecule has 1 unspecified atom stereocenters. The molecule has 0 aliphatic carbocycles. The predicted molar refractivity (Wildman–Crippen MR) is 110 cm³/mol. The van der Waals surface area contributed by atoms with E-state index in [-0.39, 0.29) is 11.7 Å². The quantitative estimate of drug-likeness (QED) is 0.726. The number of nitrogens with zero attached hydrogens (tertiary/aromatic N) is 1. The molecule has 158 valence electrons. The lowest BCUT2D eigenvalue weighted by Crippen LogP contribution is -2.36. The number of aliphatic hydroxyl groups is 1. The van der Waals surface area contributed by atoms with Crippen LogP contribution in [0.4, 0.5) is 4.39 Å². The molecule has 0 saturated carbocycles. The van der Waals surface area contributed by atoms with Crippen LogP contribution in [0.5, 0.6) is 17.2 Å². The summed E-state index contributed by atoms with van der Waals surface area (Å²) in [6.07, 6.45) is 2.16. The molecule has 0 radical (unpaired) electrons. The summed E-state index contributed by atoms with van der Waals surface area (Å²) in [5, 5.41) is 11.0. The number of ether oxygens (including phenoxy) is 3. The van der Waals surface area contributed by atoms with E-state index in [9.17, 15) is 9.50 Å². The van der Waals surface area contributed by atoms with Crippen molar-refractivity contribution in [3.63, 3.8) is 0 Å². The molecule has 1 aliphatic heterocycles. The molecule has 5 nitrogen and oxygen atoms in total. The van der Waals surface area contributed by atoms with E-state index in [2.05, 4.69) is 4.90 Å². The zero-order valence-electron chi connectivity index (χ0n) is 17.4. The topological polar surface area (TPSA) is 51.2 Å². The van der Waals surface area contributed by atoms with Crippen molar-refractivity contribution < 1.29 is 23.7 Å². The van der Waals surface area contributed by atoms with E-state index in [1.165, 1.54) is 12.1 Å². The van der Waals surface area contributed by atoms with Crippen LogP contribution in [0.15, 0.2) is 36.4 Å². The SMILES string of the molecule is COc1cc(C(O)C2CCN(CCc3ccc(F)cc3)CC2)cc(OC)c1OC. The lowest BCUT2D eigenvalue weighted by Gasteiger charge is -2.34. The highest BCUT2D eigenvalue weighted by Crippen LogP contribution is 2.42. The Morgan fingerprint density at radius 2 is 1.59 bits per heavy atom. The highest BCUT2D eigenvalue weighted by Gasteiger charge is 2.28. The number of aliphatic hydroxyl groups excluding tert-OH is 1. The van der Waals surface area contributed by atoms with E-state index in [1.807, 2.05) is 24.3 Å². The maximum atomic E-state index is 13.0. The lowest BCUT2D eigenvalue weighted by atomic mass is 9.87. The van der Waals surface area contributed by atoms with E-state index >= 15 is 0 Å². The van der Waals surface area contributed by atoms with Crippen molar-refractivity contribution in [3.05, 3.63) is 53.3 Å². The van der Waals surface area contributed by atoms with Crippen molar-refractivity contribution in [1.29, 1.82) is 0 Å². The number of piperidine rings is 1. The second-order valence-electron chi connectivity index (χ2n) is 7.46. The van der Waals surface area contributed by atoms with Crippen molar-refractivity contribution in [1.82, 2.24) is 4.90 Å². The van der Waals surface area contributed by atoms with E-state index in [1.54, 1.807) is 21.3 Å². The molecule has 0 bridgehead atoms. The monoisotopic (exact) mass is 403 g/mol. The summed E-state index contributed by atoms with van der Waals surface area (Å²) in [7, 11) is 4.72. The Bertz CT molecular complexity index is 763. The number of benzene rings is 2. The summed E-state index contributed by atoms with van der Waals surface area (Å²) in [4.78, 5) is 2.40. The first-order valence-electron chi connectivity index (χ1n) is 10.0. The lowest BCUT2D eigenvalue weighted by molar-refractivity contribution is 0.0588. The van der Waals surface area contributed by atoms with Gasteiger partial charge in [-0.15, -0.1) is 0 Å². The van der Waals surface area contributed by atoms with E-state index in [4.69, 9.17) is 14.2 Å². The van der Waals surface area contributed by atoms with Crippen molar-refractivity contribution in [3.8, 4) is 17.2 Å². The van der Waals surface area contributed by atoms with Crippen molar-refractivity contribution in [2.24, 2.45) is 5.92 Å². The van der Waals surface area contributed by atoms with Gasteiger partial charge in [0.1, 0.15) is 5.82 Å². The van der Waals surface area contributed by atoms with Gasteiger partial charge in [0, 0.05) is 6.54 Å². The third-order valence-corrected chi connectivity index (χ3v) is 5.74. The zero-order chi connectivity index (χ0) is 20.8. The Kier molecular flexibility index (Phi) is 7.34. The predicted octanol–water partition coefficient (Wildman–Crippen LogP) is 3.84. The number of methoxy groups -OCH3 is 3. The van der Waals surface area contributed by atoms with Gasteiger partial charge in [-0.2, -0.15) is 0 Å². The van der Waals surface area contributed by atoms with Gasteiger partial charge in [0.15, 0.2) is 11.5 Å². The van der Waals surface area contributed by atoms with Crippen LogP contribution in [-0.2, 0) is 6.42 Å². The van der Waals surface area contributed by atoms with Gasteiger partial charge < -0.3 is 24.2 Å². The summed E-state index contributed by atoms with van der Waals surface area (Å²) in [6.45, 7) is 2.82. The minimum atomic E-state index is -0.581. The molecule has 1 fully saturated rings. The van der Waals surface area contributed by atoms with Gasteiger partial charge in [-0.05, 0) is 73.7 Å². The van der Waals surface area contributed by atoms with Gasteiger partial charge in [-0.1, -0.05) is 12.1 Å². The maximum Gasteiger partial charge on any atom is 0.203 e. The molecular formula is C23H30FNO4. The smallest absolute Gasteiger partial charge is 0.203 e. The average molecular weight is 403 g/mol. The van der Waals surface area contributed by atoms with Crippen molar-refractivity contribution >= 4 is 0 Å². The summed E-state index contributed by atoms with van der Waals surface area (Å²) in [5.41, 5.74) is 1.93. The summed E-state index contributed by atoms with van der Waals surface area (Å²) < 4.78 is 29.2. The fraction of sp³-hybridized carbons (Fsp3) is 0.478. The van der Waals surface area contributed by atoms with Crippen LogP contribution in [0.1, 0.15) is 30.1 Å². The second kappa shape index (κ2) is 9.94. The highest BCUT2D eigenvalue weighted by molar-refractivity contribution is 5.54. The summed E-state index contributed by atoms with van der Waals surface area (Å²) in [5.74, 6) is 1.62. The van der Waals surface area contributed by atoms with Gasteiger partial charge in [-0.3, -0.25) is 0 Å². The minimum absolute atomic E-state index is 0.180. The molecule has 1 heterocycles. The Morgan fingerprint density at radius 1 is 1.00 bits per heavy atom. The summed E-state index contributed by atoms with van der Waals surface area (Å²) >= 11 is 0. The second-order valence-corrected chi connectivity index (χ2v) is 7.46. The molecule has 1 N–H and O–H groups in total. The molecule has 1 atom stereocenters. The maximum absolute atomic E-state index is 13.0. The first kappa shape index (κ1) is 21.4. The molecule has 6 heteroatoms. The minimum Gasteiger partial charge on any atom is -0.493 e. The molecule has 0 amide bonds. The van der Waals surface area contributed by atoms with Gasteiger partial charge in [0.25, 0.3) is 0 Å². The molecule has 0 spiro atoms. The Balaban J connectivity index is 1.58. The van der Waals surface area contributed by atoms with E-state index in [0.717, 1.165) is 50.0 Å². The molecule has 1 aliphatic rings. The molecule has 29 heavy (non-hydrogen) atoms. The number of hydrogen-bond donors (Lipinski definition) is 1. The Morgan fingerprint density at radius 3 is 2.10 bits per heavy atom. The molecule has 0 aromatic heterocycles. The number of hydrogen-bond acceptors (Lipinski definition) is 5. The number of rotatable bonds is 8. The van der Waals surface area contributed by atoms with Crippen LogP contribution in [0.3, 0.4) is 0 Å². The van der Waals surface area contributed by atoms with Gasteiger partial charge in [0.05, 0.1) is 27.4 Å². The molecule has 2 aromatic carbocycles. The number of halogens is 1. The van der Waals surface area contributed by atoms with E-state index in [0.29, 0.717) is 17.2 Å². The van der Waals surface area contributed by atoms with Crippen LogP contribution >= 0.6 is 0 Å². The van der Waals surface area contributed by atoms with Crippen LogP contribution in [0.25, 0.3) is 0 Å². The van der Waals surface area contributed by atoms with Gasteiger partial charge in [0.2, 0.25) is 5.75 Å². The first-order chi connectivity index (χ1) is 14.0. The van der Waals surface area contributed by atoms with Crippen LogP contribution in [0, 0.1) is 11.7 Å². The molecule has 1 saturated heterocycles. The van der Waals surface area contributed by atoms with Crippen molar-refractivity contribution in [2.75, 3.05) is 41.0 Å². The average Bonchev–Trinajstić information content (AvgIpc) is 2.77. The van der Waals surface area contributed by atoms with Crippen LogP contribution in [-0.4, -0.2) is 51.0 Å². The fourth-order valence-corrected chi connectivity index (χ4v) is 3.97. The van der Waals surface area contributed by atoms with Crippen LogP contribution in [0.2, 0.25) is 0 Å². The fourth-order valence-electron chi connectivity index (χ4n) is 3.97. The molecule has 2 aromatic rings. The highest BCUT2D eigenvalue weighted by atomic mass is 19.1. The Hall–Kier alpha value is -2.31. The first-order valence-corrected chi connectivity index (χ1v) is 10.0.